The van der Waals surface area contributed by atoms with Gasteiger partial charge < -0.3 is 10.6 Å². The minimum absolute atomic E-state index is 0.00165. The van der Waals surface area contributed by atoms with E-state index in [1.54, 1.807) is 11.8 Å². The highest BCUT2D eigenvalue weighted by Crippen LogP contribution is 2.16. The van der Waals surface area contributed by atoms with Crippen LogP contribution in [0.5, 0.6) is 0 Å². The van der Waals surface area contributed by atoms with Crippen molar-refractivity contribution in [2.45, 2.75) is 24.8 Å². The molecule has 124 valence electrons. The standard InChI is InChI=1S/C16H21N3O3S/c1-11(2)14-15(21)19(16(22)18-14)10-13(20)17-8-9-23-12-6-4-3-5-7-12/h3-7,11,14H,8-10H2,1-2H3,(H,17,20)(H,18,22). The van der Waals surface area contributed by atoms with Crippen LogP contribution in [0.4, 0.5) is 4.79 Å². The van der Waals surface area contributed by atoms with E-state index >= 15 is 0 Å². The van der Waals surface area contributed by atoms with Gasteiger partial charge in [0.2, 0.25) is 5.91 Å². The van der Waals surface area contributed by atoms with Gasteiger partial charge in [-0.05, 0) is 18.1 Å². The third kappa shape index (κ3) is 4.72. The van der Waals surface area contributed by atoms with Gasteiger partial charge in [-0.3, -0.25) is 14.5 Å². The summed E-state index contributed by atoms with van der Waals surface area (Å²) in [5.41, 5.74) is 0. The van der Waals surface area contributed by atoms with Crippen molar-refractivity contribution < 1.29 is 14.4 Å². The normalized spacial score (nSPS) is 17.5. The quantitative estimate of drug-likeness (QED) is 0.449. The maximum atomic E-state index is 12.1. The number of hydrogen-bond acceptors (Lipinski definition) is 4. The van der Waals surface area contributed by atoms with Crippen LogP contribution in [0, 0.1) is 5.92 Å². The molecule has 0 saturated carbocycles. The van der Waals surface area contributed by atoms with E-state index in [1.807, 2.05) is 44.2 Å². The molecule has 2 N–H and O–H groups in total. The largest absolute Gasteiger partial charge is 0.354 e. The molecule has 1 aliphatic heterocycles. The van der Waals surface area contributed by atoms with Crippen molar-refractivity contribution in [3.8, 4) is 0 Å². The van der Waals surface area contributed by atoms with Gasteiger partial charge in [0.15, 0.2) is 0 Å². The van der Waals surface area contributed by atoms with Crippen molar-refractivity contribution in [2.75, 3.05) is 18.8 Å². The van der Waals surface area contributed by atoms with Crippen LogP contribution >= 0.6 is 11.8 Å². The number of benzene rings is 1. The van der Waals surface area contributed by atoms with Gasteiger partial charge in [0.1, 0.15) is 12.6 Å². The summed E-state index contributed by atoms with van der Waals surface area (Å²) in [6, 6.07) is 8.85. The van der Waals surface area contributed by atoms with Crippen LogP contribution in [-0.4, -0.2) is 47.6 Å². The van der Waals surface area contributed by atoms with Crippen LogP contribution in [-0.2, 0) is 9.59 Å². The molecule has 23 heavy (non-hydrogen) atoms. The Morgan fingerprint density at radius 2 is 2.00 bits per heavy atom. The van der Waals surface area contributed by atoms with Gasteiger partial charge in [-0.25, -0.2) is 4.79 Å². The van der Waals surface area contributed by atoms with Crippen molar-refractivity contribution in [1.29, 1.82) is 0 Å². The Morgan fingerprint density at radius 1 is 1.30 bits per heavy atom. The minimum atomic E-state index is -0.538. The van der Waals surface area contributed by atoms with E-state index in [0.717, 1.165) is 15.5 Å². The number of urea groups is 1. The predicted octanol–water partition coefficient (Wildman–Crippen LogP) is 1.47. The van der Waals surface area contributed by atoms with Crippen molar-refractivity contribution in [2.24, 2.45) is 5.92 Å². The highest BCUT2D eigenvalue weighted by Gasteiger charge is 2.40. The number of carbonyl (C=O) groups is 3. The predicted molar refractivity (Wildman–Crippen MR) is 89.0 cm³/mol. The van der Waals surface area contributed by atoms with Gasteiger partial charge in [0, 0.05) is 17.2 Å². The average molecular weight is 335 g/mol. The first-order chi connectivity index (χ1) is 11.0. The second kappa shape index (κ2) is 8.01. The van der Waals surface area contributed by atoms with Crippen LogP contribution in [0.25, 0.3) is 0 Å². The number of nitrogens with one attached hydrogen (secondary N) is 2. The van der Waals surface area contributed by atoms with Gasteiger partial charge in [-0.15, -0.1) is 11.8 Å². The molecule has 1 saturated heterocycles. The lowest BCUT2D eigenvalue weighted by atomic mass is 10.1. The van der Waals surface area contributed by atoms with Gasteiger partial charge in [-0.2, -0.15) is 0 Å². The fourth-order valence-electron chi connectivity index (χ4n) is 2.22. The molecule has 1 aromatic rings. The summed E-state index contributed by atoms with van der Waals surface area (Å²) in [4.78, 5) is 37.8. The highest BCUT2D eigenvalue weighted by molar-refractivity contribution is 7.99. The number of rotatable bonds is 7. The first-order valence-corrected chi connectivity index (χ1v) is 8.54. The number of nitrogens with zero attached hydrogens (tertiary/aromatic N) is 1. The molecule has 4 amide bonds. The SMILES string of the molecule is CC(C)C1NC(=O)N(CC(=O)NCCSc2ccccc2)C1=O. The molecule has 1 fully saturated rings. The molecular weight excluding hydrogens is 314 g/mol. The summed E-state index contributed by atoms with van der Waals surface area (Å²) < 4.78 is 0. The molecule has 0 spiro atoms. The molecule has 1 atom stereocenters. The van der Waals surface area contributed by atoms with Gasteiger partial charge in [0.25, 0.3) is 5.91 Å². The molecule has 1 heterocycles. The zero-order chi connectivity index (χ0) is 16.8. The number of carbonyl (C=O) groups excluding carboxylic acids is 3. The van der Waals surface area contributed by atoms with E-state index in [0.29, 0.717) is 6.54 Å². The number of hydrogen-bond donors (Lipinski definition) is 2. The number of amides is 4. The van der Waals surface area contributed by atoms with E-state index in [1.165, 1.54) is 0 Å². The average Bonchev–Trinajstić information content (AvgIpc) is 2.81. The molecular formula is C16H21N3O3S. The molecule has 1 aliphatic rings. The number of thioether (sulfide) groups is 1. The summed E-state index contributed by atoms with van der Waals surface area (Å²) in [5.74, 6) is 0.0667. The van der Waals surface area contributed by atoms with E-state index in [-0.39, 0.29) is 24.3 Å². The van der Waals surface area contributed by atoms with Crippen molar-refractivity contribution in [3.05, 3.63) is 30.3 Å². The van der Waals surface area contributed by atoms with Crippen molar-refractivity contribution >= 4 is 29.6 Å². The molecule has 0 bridgehead atoms. The fourth-order valence-corrected chi connectivity index (χ4v) is 3.01. The van der Waals surface area contributed by atoms with Gasteiger partial charge in [-0.1, -0.05) is 32.0 Å². The van der Waals surface area contributed by atoms with Crippen LogP contribution in [0.15, 0.2) is 35.2 Å². The summed E-state index contributed by atoms with van der Waals surface area (Å²) in [6.45, 7) is 3.96. The van der Waals surface area contributed by atoms with Crippen LogP contribution in [0.2, 0.25) is 0 Å². The maximum Gasteiger partial charge on any atom is 0.325 e. The van der Waals surface area contributed by atoms with Crippen molar-refractivity contribution in [3.63, 3.8) is 0 Å². The fraction of sp³-hybridized carbons (Fsp3) is 0.438. The summed E-state index contributed by atoms with van der Waals surface area (Å²) in [5, 5.41) is 5.33. The second-order valence-corrected chi connectivity index (χ2v) is 6.78. The Balaban J connectivity index is 1.72. The molecule has 2 rings (SSSR count). The molecule has 0 aliphatic carbocycles. The summed E-state index contributed by atoms with van der Waals surface area (Å²) >= 11 is 1.64. The Kier molecular flexibility index (Phi) is 6.04. The Labute approximate surface area is 140 Å². The Bertz CT molecular complexity index is 577. The lowest BCUT2D eigenvalue weighted by Crippen LogP contribution is -2.42. The van der Waals surface area contributed by atoms with Gasteiger partial charge >= 0.3 is 6.03 Å². The molecule has 7 heteroatoms. The third-order valence-corrected chi connectivity index (χ3v) is 4.47. The van der Waals surface area contributed by atoms with Crippen molar-refractivity contribution in [1.82, 2.24) is 15.5 Å². The number of imide groups is 1. The Morgan fingerprint density at radius 3 is 2.61 bits per heavy atom. The van der Waals surface area contributed by atoms with E-state index in [2.05, 4.69) is 10.6 Å². The molecule has 6 nitrogen and oxygen atoms in total. The highest BCUT2D eigenvalue weighted by atomic mass is 32.2. The minimum Gasteiger partial charge on any atom is -0.354 e. The third-order valence-electron chi connectivity index (χ3n) is 3.46. The summed E-state index contributed by atoms with van der Waals surface area (Å²) in [6.07, 6.45) is 0. The lowest BCUT2D eigenvalue weighted by molar-refractivity contribution is -0.132. The smallest absolute Gasteiger partial charge is 0.325 e. The molecule has 1 aromatic carbocycles. The van der Waals surface area contributed by atoms with Crippen LogP contribution in [0.1, 0.15) is 13.8 Å². The maximum absolute atomic E-state index is 12.1. The van der Waals surface area contributed by atoms with E-state index < -0.39 is 12.1 Å². The van der Waals surface area contributed by atoms with E-state index in [4.69, 9.17) is 0 Å². The molecule has 1 unspecified atom stereocenters. The monoisotopic (exact) mass is 335 g/mol. The first kappa shape index (κ1) is 17.3. The van der Waals surface area contributed by atoms with Gasteiger partial charge in [0.05, 0.1) is 0 Å². The molecule has 0 aromatic heterocycles. The van der Waals surface area contributed by atoms with E-state index in [9.17, 15) is 14.4 Å². The topological polar surface area (TPSA) is 78.5 Å². The molecule has 0 radical (unpaired) electrons. The first-order valence-electron chi connectivity index (χ1n) is 7.55. The zero-order valence-electron chi connectivity index (χ0n) is 13.2. The zero-order valence-corrected chi connectivity index (χ0v) is 14.1. The van der Waals surface area contributed by atoms with Crippen LogP contribution < -0.4 is 10.6 Å². The Hall–Kier alpha value is -2.02. The summed E-state index contributed by atoms with van der Waals surface area (Å²) in [7, 11) is 0. The second-order valence-electron chi connectivity index (χ2n) is 5.61. The lowest BCUT2D eigenvalue weighted by Gasteiger charge is -2.14. The van der Waals surface area contributed by atoms with Crippen LogP contribution in [0.3, 0.4) is 0 Å².